The van der Waals surface area contributed by atoms with Crippen molar-refractivity contribution < 1.29 is 23.0 Å². The first-order valence-corrected chi connectivity index (χ1v) is 8.90. The average molecular weight is 402 g/mol. The molecule has 0 spiro atoms. The first-order chi connectivity index (χ1) is 13.9. The fourth-order valence-electron chi connectivity index (χ4n) is 3.06. The van der Waals surface area contributed by atoms with Crippen molar-refractivity contribution in [3.05, 3.63) is 69.6 Å². The highest BCUT2D eigenvalue weighted by atomic mass is 19.2. The van der Waals surface area contributed by atoms with E-state index >= 15 is 0 Å². The number of carbonyl (C=O) groups is 1. The molecule has 6 nitrogen and oxygen atoms in total. The number of ether oxygens (including phenoxy) is 2. The van der Waals surface area contributed by atoms with Gasteiger partial charge in [0.1, 0.15) is 0 Å². The van der Waals surface area contributed by atoms with E-state index in [0.717, 1.165) is 12.1 Å². The normalized spacial score (nSPS) is 10.8. The quantitative estimate of drug-likeness (QED) is 0.687. The van der Waals surface area contributed by atoms with E-state index in [1.165, 1.54) is 37.1 Å². The maximum absolute atomic E-state index is 13.4. The van der Waals surface area contributed by atoms with E-state index in [9.17, 15) is 18.4 Å². The monoisotopic (exact) mass is 402 g/mol. The zero-order chi connectivity index (χ0) is 21.1. The zero-order valence-electron chi connectivity index (χ0n) is 16.2. The van der Waals surface area contributed by atoms with Gasteiger partial charge >= 0.3 is 0 Å². The van der Waals surface area contributed by atoms with Gasteiger partial charge in [0.25, 0.3) is 11.5 Å². The molecular formula is C21H20F2N2O4. The van der Waals surface area contributed by atoms with Gasteiger partial charge in [-0.2, -0.15) is 0 Å². The molecule has 0 saturated carbocycles. The van der Waals surface area contributed by atoms with Crippen LogP contribution in [0, 0.1) is 11.6 Å². The predicted octanol–water partition coefficient (Wildman–Crippen LogP) is 3.25. The SMILES string of the molecule is CCn1cc(C(=O)NCc2ccc(F)c(F)c2)c2cc(OC)c(OC)cc2c1=O. The Kier molecular flexibility index (Phi) is 5.81. The molecule has 3 rings (SSSR count). The predicted molar refractivity (Wildman–Crippen MR) is 105 cm³/mol. The number of aryl methyl sites for hydroxylation is 1. The van der Waals surface area contributed by atoms with Crippen LogP contribution in [0.5, 0.6) is 11.5 Å². The van der Waals surface area contributed by atoms with Gasteiger partial charge in [-0.25, -0.2) is 8.78 Å². The second-order valence-corrected chi connectivity index (χ2v) is 6.32. The third-order valence-electron chi connectivity index (χ3n) is 4.61. The number of aromatic nitrogens is 1. The van der Waals surface area contributed by atoms with Crippen molar-refractivity contribution in [2.45, 2.75) is 20.0 Å². The molecule has 1 aromatic heterocycles. The van der Waals surface area contributed by atoms with Crippen LogP contribution in [0.15, 0.2) is 41.3 Å². The summed E-state index contributed by atoms with van der Waals surface area (Å²) in [6.45, 7) is 2.15. The molecule has 152 valence electrons. The van der Waals surface area contributed by atoms with Crippen molar-refractivity contribution in [1.29, 1.82) is 0 Å². The van der Waals surface area contributed by atoms with Gasteiger partial charge in [-0.1, -0.05) is 6.07 Å². The summed E-state index contributed by atoms with van der Waals surface area (Å²) in [7, 11) is 2.92. The Hall–Kier alpha value is -3.42. The highest BCUT2D eigenvalue weighted by Crippen LogP contribution is 2.32. The Bertz CT molecular complexity index is 1140. The van der Waals surface area contributed by atoms with Crippen LogP contribution in [-0.4, -0.2) is 24.7 Å². The number of amides is 1. The molecule has 8 heteroatoms. The maximum atomic E-state index is 13.4. The minimum Gasteiger partial charge on any atom is -0.493 e. The summed E-state index contributed by atoms with van der Waals surface area (Å²) in [4.78, 5) is 25.6. The van der Waals surface area contributed by atoms with E-state index in [4.69, 9.17) is 9.47 Å². The van der Waals surface area contributed by atoms with Gasteiger partial charge in [-0.15, -0.1) is 0 Å². The Morgan fingerprint density at radius 1 is 1.03 bits per heavy atom. The Morgan fingerprint density at radius 3 is 2.28 bits per heavy atom. The van der Waals surface area contributed by atoms with E-state index in [1.54, 1.807) is 13.0 Å². The highest BCUT2D eigenvalue weighted by molar-refractivity contribution is 6.07. The summed E-state index contributed by atoms with van der Waals surface area (Å²) in [6.07, 6.45) is 1.47. The first-order valence-electron chi connectivity index (χ1n) is 8.90. The van der Waals surface area contributed by atoms with Gasteiger partial charge in [-0.3, -0.25) is 9.59 Å². The largest absolute Gasteiger partial charge is 0.493 e. The number of rotatable bonds is 6. The number of methoxy groups -OCH3 is 2. The summed E-state index contributed by atoms with van der Waals surface area (Å²) in [5, 5.41) is 3.39. The molecule has 0 fully saturated rings. The number of pyridine rings is 1. The van der Waals surface area contributed by atoms with Crippen LogP contribution in [0.2, 0.25) is 0 Å². The van der Waals surface area contributed by atoms with Crippen LogP contribution in [-0.2, 0) is 13.1 Å². The number of hydrogen-bond donors (Lipinski definition) is 1. The van der Waals surface area contributed by atoms with Crippen molar-refractivity contribution in [3.8, 4) is 11.5 Å². The topological polar surface area (TPSA) is 69.6 Å². The van der Waals surface area contributed by atoms with E-state index in [0.29, 0.717) is 34.4 Å². The lowest BCUT2D eigenvalue weighted by Crippen LogP contribution is -2.27. The third kappa shape index (κ3) is 3.91. The van der Waals surface area contributed by atoms with Gasteiger partial charge in [0.2, 0.25) is 0 Å². The zero-order valence-corrected chi connectivity index (χ0v) is 16.2. The Labute approximate surface area is 165 Å². The second kappa shape index (κ2) is 8.30. The molecule has 2 aromatic carbocycles. The number of hydrogen-bond acceptors (Lipinski definition) is 4. The van der Waals surface area contributed by atoms with Gasteiger partial charge in [0.05, 0.1) is 25.2 Å². The number of benzene rings is 2. The summed E-state index contributed by atoms with van der Waals surface area (Å²) < 4.78 is 38.4. The van der Waals surface area contributed by atoms with E-state index in [1.807, 2.05) is 0 Å². The molecule has 3 aromatic rings. The van der Waals surface area contributed by atoms with E-state index < -0.39 is 17.5 Å². The van der Waals surface area contributed by atoms with Gasteiger partial charge < -0.3 is 19.4 Å². The summed E-state index contributed by atoms with van der Waals surface area (Å²) in [5.41, 5.74) is 0.398. The fourth-order valence-corrected chi connectivity index (χ4v) is 3.06. The number of fused-ring (bicyclic) bond motifs is 1. The van der Waals surface area contributed by atoms with Gasteiger partial charge in [0.15, 0.2) is 23.1 Å². The summed E-state index contributed by atoms with van der Waals surface area (Å²) in [6, 6.07) is 6.52. The molecule has 1 N–H and O–H groups in total. The van der Waals surface area contributed by atoms with Gasteiger partial charge in [-0.05, 0) is 36.8 Å². The summed E-state index contributed by atoms with van der Waals surface area (Å²) >= 11 is 0. The Balaban J connectivity index is 2.04. The van der Waals surface area contributed by atoms with Crippen LogP contribution in [0.3, 0.4) is 0 Å². The lowest BCUT2D eigenvalue weighted by atomic mass is 10.1. The van der Waals surface area contributed by atoms with Crippen LogP contribution in [0.25, 0.3) is 10.8 Å². The lowest BCUT2D eigenvalue weighted by Gasteiger charge is -2.14. The minimum absolute atomic E-state index is 0.00390. The highest BCUT2D eigenvalue weighted by Gasteiger charge is 2.18. The fraction of sp³-hybridized carbons (Fsp3) is 0.238. The van der Waals surface area contributed by atoms with Crippen molar-refractivity contribution in [1.82, 2.24) is 9.88 Å². The standard InChI is InChI=1S/C21H20F2N2O4/c1-4-25-11-15(20(26)24-10-12-5-6-16(22)17(23)7-12)13-8-18(28-2)19(29-3)9-14(13)21(25)27/h5-9,11H,4,10H2,1-3H3,(H,24,26). The van der Waals surface area contributed by atoms with Crippen LogP contribution < -0.4 is 20.3 Å². The molecule has 0 atom stereocenters. The molecule has 0 aliphatic carbocycles. The minimum atomic E-state index is -0.987. The van der Waals surface area contributed by atoms with Gasteiger partial charge in [0, 0.05) is 24.7 Å². The molecule has 1 heterocycles. The number of nitrogens with one attached hydrogen (secondary N) is 1. The van der Waals surface area contributed by atoms with Crippen molar-refractivity contribution in [3.63, 3.8) is 0 Å². The third-order valence-corrected chi connectivity index (χ3v) is 4.61. The second-order valence-electron chi connectivity index (χ2n) is 6.32. The molecule has 0 radical (unpaired) electrons. The van der Waals surface area contributed by atoms with E-state index in [2.05, 4.69) is 5.32 Å². The van der Waals surface area contributed by atoms with Crippen molar-refractivity contribution in [2.24, 2.45) is 0 Å². The van der Waals surface area contributed by atoms with Crippen LogP contribution in [0.4, 0.5) is 8.78 Å². The average Bonchev–Trinajstić information content (AvgIpc) is 2.73. The smallest absolute Gasteiger partial charge is 0.258 e. The maximum Gasteiger partial charge on any atom is 0.258 e. The van der Waals surface area contributed by atoms with Crippen LogP contribution >= 0.6 is 0 Å². The molecule has 0 aliphatic heterocycles. The number of carbonyl (C=O) groups excluding carboxylic acids is 1. The molecule has 0 bridgehead atoms. The van der Waals surface area contributed by atoms with Crippen molar-refractivity contribution >= 4 is 16.7 Å². The lowest BCUT2D eigenvalue weighted by molar-refractivity contribution is 0.0951. The van der Waals surface area contributed by atoms with E-state index in [-0.39, 0.29) is 17.7 Å². The first kappa shape index (κ1) is 20.3. The molecule has 0 aliphatic rings. The molecule has 29 heavy (non-hydrogen) atoms. The number of halogens is 2. The molecule has 0 saturated heterocycles. The number of nitrogens with zero attached hydrogens (tertiary/aromatic N) is 1. The Morgan fingerprint density at radius 2 is 1.69 bits per heavy atom. The molecule has 0 unspecified atom stereocenters. The summed E-state index contributed by atoms with van der Waals surface area (Å²) in [5.74, 6) is -1.66. The molecule has 1 amide bonds. The van der Waals surface area contributed by atoms with Crippen LogP contribution in [0.1, 0.15) is 22.8 Å². The molecular weight excluding hydrogens is 382 g/mol. The van der Waals surface area contributed by atoms with Crippen molar-refractivity contribution in [2.75, 3.05) is 14.2 Å².